The van der Waals surface area contributed by atoms with Crippen LogP contribution in [0.5, 0.6) is 5.75 Å². The first-order valence-electron chi connectivity index (χ1n) is 5.98. The lowest BCUT2D eigenvalue weighted by molar-refractivity contribution is 0.405. The smallest absolute Gasteiger partial charge is 0.141 e. The van der Waals surface area contributed by atoms with Gasteiger partial charge in [-0.2, -0.15) is 0 Å². The first kappa shape index (κ1) is 16.2. The van der Waals surface area contributed by atoms with Gasteiger partial charge >= 0.3 is 0 Å². The summed E-state index contributed by atoms with van der Waals surface area (Å²) in [5.74, 6) is -1.92. The van der Waals surface area contributed by atoms with E-state index in [1.165, 1.54) is 26.2 Å². The molecule has 0 spiro atoms. The second kappa shape index (κ2) is 6.28. The van der Waals surface area contributed by atoms with Crippen molar-refractivity contribution in [3.63, 3.8) is 0 Å². The predicted octanol–water partition coefficient (Wildman–Crippen LogP) is 5.51. The van der Waals surface area contributed by atoms with Gasteiger partial charge < -0.3 is 4.74 Å². The number of hydrogen-bond donors (Lipinski definition) is 0. The van der Waals surface area contributed by atoms with Gasteiger partial charge in [0.05, 0.1) is 17.0 Å². The molecule has 1 unspecified atom stereocenters. The normalized spacial score (nSPS) is 12.3. The highest BCUT2D eigenvalue weighted by molar-refractivity contribution is 9.10. The highest BCUT2D eigenvalue weighted by Crippen LogP contribution is 2.40. The molecule has 1 atom stereocenters. The van der Waals surface area contributed by atoms with Crippen LogP contribution in [0.2, 0.25) is 0 Å². The van der Waals surface area contributed by atoms with Crippen molar-refractivity contribution in [2.45, 2.75) is 12.3 Å². The zero-order valence-electron chi connectivity index (χ0n) is 11.2. The third kappa shape index (κ3) is 3.04. The third-order valence-electron chi connectivity index (χ3n) is 3.12. The van der Waals surface area contributed by atoms with Crippen LogP contribution >= 0.6 is 27.5 Å². The molecular weight excluding hydrogens is 369 g/mol. The third-order valence-corrected chi connectivity index (χ3v) is 4.18. The van der Waals surface area contributed by atoms with Crippen LogP contribution in [0.1, 0.15) is 22.1 Å². The summed E-state index contributed by atoms with van der Waals surface area (Å²) in [6.45, 7) is 1.51. The lowest BCUT2D eigenvalue weighted by Crippen LogP contribution is -2.05. The number of methoxy groups -OCH3 is 1. The Morgan fingerprint density at radius 1 is 1.14 bits per heavy atom. The summed E-state index contributed by atoms with van der Waals surface area (Å²) in [6.07, 6.45) is 0. The average Bonchev–Trinajstić information content (AvgIpc) is 2.45. The van der Waals surface area contributed by atoms with Crippen molar-refractivity contribution < 1.29 is 17.9 Å². The second-order valence-electron chi connectivity index (χ2n) is 4.46. The Bertz CT molecular complexity index is 691. The summed E-state index contributed by atoms with van der Waals surface area (Å²) in [7, 11) is 1.33. The topological polar surface area (TPSA) is 9.23 Å². The van der Waals surface area contributed by atoms with E-state index in [4.69, 9.17) is 16.3 Å². The molecule has 2 aromatic carbocycles. The lowest BCUT2D eigenvalue weighted by Gasteiger charge is -2.17. The van der Waals surface area contributed by atoms with Crippen LogP contribution in [0.15, 0.2) is 28.7 Å². The molecule has 0 aliphatic heterocycles. The molecule has 0 amide bonds. The van der Waals surface area contributed by atoms with E-state index in [2.05, 4.69) is 15.9 Å². The fourth-order valence-corrected chi connectivity index (χ4v) is 2.72. The van der Waals surface area contributed by atoms with Crippen molar-refractivity contribution in [1.29, 1.82) is 0 Å². The molecule has 0 heterocycles. The minimum atomic E-state index is -1.14. The van der Waals surface area contributed by atoms with Crippen LogP contribution in [0.4, 0.5) is 13.2 Å². The number of halogens is 5. The standard InChI is InChI=1S/C15H11BrClF3O/c1-7-3-4-10(18)13(15(7)20)14(17)8-5-9(16)11(19)6-12(8)21-2/h3-6,14H,1-2H3. The second-order valence-corrected chi connectivity index (χ2v) is 5.75. The van der Waals surface area contributed by atoms with E-state index < -0.39 is 22.8 Å². The van der Waals surface area contributed by atoms with E-state index in [0.717, 1.165) is 12.1 Å². The van der Waals surface area contributed by atoms with Gasteiger partial charge in [0.2, 0.25) is 0 Å². The average molecular weight is 380 g/mol. The van der Waals surface area contributed by atoms with E-state index in [1.807, 2.05) is 0 Å². The molecule has 1 nitrogen and oxygen atoms in total. The summed E-state index contributed by atoms with van der Waals surface area (Å²) < 4.78 is 46.8. The van der Waals surface area contributed by atoms with E-state index in [9.17, 15) is 13.2 Å². The van der Waals surface area contributed by atoms with Crippen molar-refractivity contribution in [3.8, 4) is 5.75 Å². The van der Waals surface area contributed by atoms with Crippen molar-refractivity contribution in [2.75, 3.05) is 7.11 Å². The quantitative estimate of drug-likeness (QED) is 0.639. The molecule has 0 N–H and O–H groups in total. The summed E-state index contributed by atoms with van der Waals surface area (Å²) in [4.78, 5) is 0. The van der Waals surface area contributed by atoms with E-state index in [0.29, 0.717) is 0 Å². The number of benzene rings is 2. The van der Waals surface area contributed by atoms with Crippen LogP contribution in [-0.2, 0) is 0 Å². The van der Waals surface area contributed by atoms with Crippen LogP contribution in [0.3, 0.4) is 0 Å². The Balaban J connectivity index is 2.63. The molecule has 21 heavy (non-hydrogen) atoms. The van der Waals surface area contributed by atoms with Crippen LogP contribution < -0.4 is 4.74 Å². The Morgan fingerprint density at radius 3 is 2.43 bits per heavy atom. The Morgan fingerprint density at radius 2 is 1.81 bits per heavy atom. The van der Waals surface area contributed by atoms with E-state index >= 15 is 0 Å². The van der Waals surface area contributed by atoms with Crippen LogP contribution in [0.25, 0.3) is 0 Å². The highest BCUT2D eigenvalue weighted by atomic mass is 79.9. The molecule has 2 rings (SSSR count). The van der Waals surface area contributed by atoms with Crippen molar-refractivity contribution in [1.82, 2.24) is 0 Å². The first-order chi connectivity index (χ1) is 9.86. The Kier molecular flexibility index (Phi) is 4.84. The monoisotopic (exact) mass is 378 g/mol. The molecule has 0 fully saturated rings. The SMILES string of the molecule is COc1cc(F)c(Br)cc1C(Cl)c1c(F)ccc(C)c1F. The van der Waals surface area contributed by atoms with E-state index in [1.54, 1.807) is 0 Å². The molecule has 0 saturated carbocycles. The van der Waals surface area contributed by atoms with Gasteiger partial charge in [0.25, 0.3) is 0 Å². The Labute approximate surface area is 133 Å². The van der Waals surface area contributed by atoms with Gasteiger partial charge in [0.1, 0.15) is 23.2 Å². The highest BCUT2D eigenvalue weighted by Gasteiger charge is 2.25. The zero-order valence-corrected chi connectivity index (χ0v) is 13.5. The van der Waals surface area contributed by atoms with Gasteiger partial charge in [0, 0.05) is 17.2 Å². The molecular formula is C15H11BrClF3O. The minimum absolute atomic E-state index is 0.121. The molecule has 0 saturated heterocycles. The fourth-order valence-electron chi connectivity index (χ4n) is 1.98. The van der Waals surface area contributed by atoms with Crippen molar-refractivity contribution >= 4 is 27.5 Å². The maximum absolute atomic E-state index is 14.2. The number of aryl methyl sites for hydroxylation is 1. The number of ether oxygens (including phenoxy) is 1. The maximum Gasteiger partial charge on any atom is 0.141 e. The largest absolute Gasteiger partial charge is 0.496 e. The summed E-state index contributed by atoms with van der Waals surface area (Å²) in [5, 5.41) is -1.14. The number of hydrogen-bond acceptors (Lipinski definition) is 1. The van der Waals surface area contributed by atoms with E-state index in [-0.39, 0.29) is 26.9 Å². The van der Waals surface area contributed by atoms with Gasteiger partial charge in [-0.15, -0.1) is 11.6 Å². The zero-order chi connectivity index (χ0) is 15.7. The Hall–Kier alpha value is -1.20. The molecule has 0 bridgehead atoms. The maximum atomic E-state index is 14.2. The van der Waals surface area contributed by atoms with Gasteiger partial charge in [-0.25, -0.2) is 13.2 Å². The number of alkyl halides is 1. The molecule has 0 aliphatic rings. The lowest BCUT2D eigenvalue weighted by atomic mass is 10.00. The number of rotatable bonds is 3. The van der Waals surface area contributed by atoms with Crippen LogP contribution in [-0.4, -0.2) is 7.11 Å². The van der Waals surface area contributed by atoms with Gasteiger partial charge in [-0.05, 0) is 40.5 Å². The predicted molar refractivity (Wildman–Crippen MR) is 79.4 cm³/mol. The molecule has 2 aromatic rings. The van der Waals surface area contributed by atoms with Gasteiger partial charge in [0.15, 0.2) is 0 Å². The first-order valence-corrected chi connectivity index (χ1v) is 7.21. The molecule has 112 valence electrons. The van der Waals surface area contributed by atoms with Crippen molar-refractivity contribution in [3.05, 3.63) is 62.9 Å². The van der Waals surface area contributed by atoms with Crippen molar-refractivity contribution in [2.24, 2.45) is 0 Å². The fraction of sp³-hybridized carbons (Fsp3) is 0.200. The molecule has 0 radical (unpaired) electrons. The molecule has 0 aliphatic carbocycles. The molecule has 6 heteroatoms. The molecule has 0 aromatic heterocycles. The summed E-state index contributed by atoms with van der Waals surface area (Å²) >= 11 is 9.24. The summed E-state index contributed by atoms with van der Waals surface area (Å²) in [5.41, 5.74) is 0.265. The summed E-state index contributed by atoms with van der Waals surface area (Å²) in [6, 6.07) is 4.94. The van der Waals surface area contributed by atoms with Crippen LogP contribution in [0, 0.1) is 24.4 Å². The van der Waals surface area contributed by atoms with Gasteiger partial charge in [-0.3, -0.25) is 0 Å². The van der Waals surface area contributed by atoms with Gasteiger partial charge in [-0.1, -0.05) is 6.07 Å². The minimum Gasteiger partial charge on any atom is -0.496 e.